The average Bonchev–Trinajstić information content (AvgIpc) is 2.63. The second-order valence-corrected chi connectivity index (χ2v) is 5.60. The molecule has 1 heterocycles. The van der Waals surface area contributed by atoms with Gasteiger partial charge >= 0.3 is 6.03 Å². The van der Waals surface area contributed by atoms with Crippen LogP contribution in [0.2, 0.25) is 0 Å². The number of carbonyl (C=O) groups excluding carboxylic acids is 1. The van der Waals surface area contributed by atoms with Crippen molar-refractivity contribution >= 4 is 23.5 Å². The van der Waals surface area contributed by atoms with E-state index in [0.717, 1.165) is 24.5 Å². The topological polar surface area (TPSA) is 53.6 Å². The van der Waals surface area contributed by atoms with Crippen molar-refractivity contribution in [2.45, 2.75) is 0 Å². The Morgan fingerprint density at radius 3 is 2.72 bits per heavy atom. The standard InChI is InChI=1S/C19H20FN3O2/c20-16-5-3-4-15(14-16)8-9-21-19(24)22-17-6-1-2-7-18(17)23-10-12-25-13-11-23/h1-9,14H,10-13H2,(H2,21,22,24)/b9-8+. The van der Waals surface area contributed by atoms with E-state index in [-0.39, 0.29) is 11.8 Å². The summed E-state index contributed by atoms with van der Waals surface area (Å²) in [6.07, 6.45) is 3.12. The van der Waals surface area contributed by atoms with Gasteiger partial charge < -0.3 is 20.3 Å². The van der Waals surface area contributed by atoms with Crippen molar-refractivity contribution < 1.29 is 13.9 Å². The summed E-state index contributed by atoms with van der Waals surface area (Å²) in [5.41, 5.74) is 2.38. The number of benzene rings is 2. The Hall–Kier alpha value is -2.86. The van der Waals surface area contributed by atoms with Crippen LogP contribution < -0.4 is 15.5 Å². The Labute approximate surface area is 146 Å². The molecule has 6 heteroatoms. The number of ether oxygens (including phenoxy) is 1. The maximum Gasteiger partial charge on any atom is 0.323 e. The Morgan fingerprint density at radius 1 is 1.12 bits per heavy atom. The molecule has 1 saturated heterocycles. The van der Waals surface area contributed by atoms with Gasteiger partial charge in [-0.1, -0.05) is 24.3 Å². The Bertz CT molecular complexity index is 758. The van der Waals surface area contributed by atoms with E-state index in [1.165, 1.54) is 18.3 Å². The average molecular weight is 341 g/mol. The molecule has 0 saturated carbocycles. The highest BCUT2D eigenvalue weighted by atomic mass is 19.1. The normalized spacial score (nSPS) is 14.5. The molecular formula is C19H20FN3O2. The monoisotopic (exact) mass is 341 g/mol. The van der Waals surface area contributed by atoms with E-state index in [2.05, 4.69) is 15.5 Å². The van der Waals surface area contributed by atoms with Gasteiger partial charge in [-0.05, 0) is 35.9 Å². The molecule has 0 bridgehead atoms. The van der Waals surface area contributed by atoms with E-state index in [4.69, 9.17) is 4.74 Å². The predicted octanol–water partition coefficient (Wildman–Crippen LogP) is 3.45. The molecule has 2 N–H and O–H groups in total. The molecule has 1 aliphatic heterocycles. The molecule has 2 aromatic carbocycles. The summed E-state index contributed by atoms with van der Waals surface area (Å²) in [5.74, 6) is -0.314. The fraction of sp³-hybridized carbons (Fsp3) is 0.211. The van der Waals surface area contributed by atoms with Crippen molar-refractivity contribution in [3.63, 3.8) is 0 Å². The fourth-order valence-electron chi connectivity index (χ4n) is 2.64. The van der Waals surface area contributed by atoms with Gasteiger partial charge in [-0.3, -0.25) is 0 Å². The zero-order chi connectivity index (χ0) is 17.5. The third-order valence-corrected chi connectivity index (χ3v) is 3.84. The van der Waals surface area contributed by atoms with Crippen LogP contribution in [0, 0.1) is 5.82 Å². The molecule has 1 aliphatic rings. The summed E-state index contributed by atoms with van der Waals surface area (Å²) in [6, 6.07) is 13.4. The number of halogens is 1. The number of urea groups is 1. The van der Waals surface area contributed by atoms with Crippen molar-refractivity contribution in [1.82, 2.24) is 5.32 Å². The number of hydrogen-bond acceptors (Lipinski definition) is 3. The van der Waals surface area contributed by atoms with Gasteiger partial charge in [0.15, 0.2) is 0 Å². The molecule has 2 amide bonds. The van der Waals surface area contributed by atoms with Gasteiger partial charge in [-0.2, -0.15) is 0 Å². The van der Waals surface area contributed by atoms with Crippen LogP contribution in [0.1, 0.15) is 5.56 Å². The first kappa shape index (κ1) is 17.0. The van der Waals surface area contributed by atoms with Crippen LogP contribution in [-0.2, 0) is 4.74 Å². The highest BCUT2D eigenvalue weighted by Gasteiger charge is 2.15. The first-order valence-electron chi connectivity index (χ1n) is 8.14. The van der Waals surface area contributed by atoms with Crippen molar-refractivity contribution in [3.8, 4) is 0 Å². The minimum Gasteiger partial charge on any atom is -0.378 e. The first-order valence-corrected chi connectivity index (χ1v) is 8.14. The van der Waals surface area contributed by atoms with Crippen LogP contribution in [0.5, 0.6) is 0 Å². The largest absolute Gasteiger partial charge is 0.378 e. The maximum atomic E-state index is 13.1. The van der Waals surface area contributed by atoms with Crippen molar-refractivity contribution in [2.24, 2.45) is 0 Å². The van der Waals surface area contributed by atoms with Gasteiger partial charge in [-0.25, -0.2) is 9.18 Å². The van der Waals surface area contributed by atoms with E-state index in [0.29, 0.717) is 18.8 Å². The van der Waals surface area contributed by atoms with Crippen LogP contribution in [0.25, 0.3) is 6.08 Å². The zero-order valence-corrected chi connectivity index (χ0v) is 13.7. The lowest BCUT2D eigenvalue weighted by Crippen LogP contribution is -2.37. The van der Waals surface area contributed by atoms with E-state index < -0.39 is 0 Å². The molecule has 5 nitrogen and oxygen atoms in total. The van der Waals surface area contributed by atoms with Crippen LogP contribution in [0.15, 0.2) is 54.7 Å². The molecular weight excluding hydrogens is 321 g/mol. The van der Waals surface area contributed by atoms with Crippen molar-refractivity contribution in [1.29, 1.82) is 0 Å². The maximum absolute atomic E-state index is 13.1. The lowest BCUT2D eigenvalue weighted by molar-refractivity contribution is 0.123. The van der Waals surface area contributed by atoms with Gasteiger partial charge in [0.25, 0.3) is 0 Å². The first-order chi connectivity index (χ1) is 12.2. The smallest absolute Gasteiger partial charge is 0.323 e. The minimum atomic E-state index is -0.353. The molecule has 0 atom stereocenters. The molecule has 0 spiro atoms. The molecule has 3 rings (SSSR count). The fourth-order valence-corrected chi connectivity index (χ4v) is 2.64. The van der Waals surface area contributed by atoms with Crippen molar-refractivity contribution in [3.05, 3.63) is 66.1 Å². The molecule has 130 valence electrons. The number of nitrogens with zero attached hydrogens (tertiary/aromatic N) is 1. The van der Waals surface area contributed by atoms with E-state index in [9.17, 15) is 9.18 Å². The van der Waals surface area contributed by atoms with Crippen molar-refractivity contribution in [2.75, 3.05) is 36.5 Å². The number of morpholine rings is 1. The number of anilines is 2. The van der Waals surface area contributed by atoms with E-state index in [1.807, 2.05) is 24.3 Å². The summed E-state index contributed by atoms with van der Waals surface area (Å²) >= 11 is 0. The number of para-hydroxylation sites is 2. The second-order valence-electron chi connectivity index (χ2n) is 5.60. The summed E-state index contributed by atoms with van der Waals surface area (Å²) in [5, 5.41) is 5.48. The summed E-state index contributed by atoms with van der Waals surface area (Å²) in [6.45, 7) is 2.94. The number of nitrogens with one attached hydrogen (secondary N) is 2. The molecule has 0 aliphatic carbocycles. The molecule has 0 radical (unpaired) electrons. The summed E-state index contributed by atoms with van der Waals surface area (Å²) < 4.78 is 18.5. The quantitative estimate of drug-likeness (QED) is 0.895. The van der Waals surface area contributed by atoms with Gasteiger partial charge in [0.2, 0.25) is 0 Å². The van der Waals surface area contributed by atoms with Crippen LogP contribution in [-0.4, -0.2) is 32.3 Å². The highest BCUT2D eigenvalue weighted by molar-refractivity contribution is 5.94. The Morgan fingerprint density at radius 2 is 1.92 bits per heavy atom. The summed E-state index contributed by atoms with van der Waals surface area (Å²) in [4.78, 5) is 14.3. The van der Waals surface area contributed by atoms with E-state index in [1.54, 1.807) is 18.2 Å². The highest BCUT2D eigenvalue weighted by Crippen LogP contribution is 2.26. The minimum absolute atomic E-state index is 0.314. The molecule has 1 fully saturated rings. The molecule has 2 aromatic rings. The van der Waals surface area contributed by atoms with Gasteiger partial charge in [0, 0.05) is 19.3 Å². The van der Waals surface area contributed by atoms with Crippen LogP contribution in [0.4, 0.5) is 20.6 Å². The molecule has 0 aromatic heterocycles. The lowest BCUT2D eigenvalue weighted by atomic mass is 10.2. The van der Waals surface area contributed by atoms with Crippen LogP contribution >= 0.6 is 0 Å². The van der Waals surface area contributed by atoms with Gasteiger partial charge in [-0.15, -0.1) is 0 Å². The van der Waals surface area contributed by atoms with Gasteiger partial charge in [0.1, 0.15) is 5.82 Å². The Kier molecular flexibility index (Phi) is 5.64. The second kappa shape index (κ2) is 8.30. The third-order valence-electron chi connectivity index (χ3n) is 3.84. The van der Waals surface area contributed by atoms with E-state index >= 15 is 0 Å². The number of amides is 2. The van der Waals surface area contributed by atoms with Gasteiger partial charge in [0.05, 0.1) is 24.6 Å². The molecule has 25 heavy (non-hydrogen) atoms. The predicted molar refractivity (Wildman–Crippen MR) is 97.1 cm³/mol. The number of carbonyl (C=O) groups is 1. The zero-order valence-electron chi connectivity index (χ0n) is 13.7. The Balaban J connectivity index is 1.61. The summed E-state index contributed by atoms with van der Waals surface area (Å²) in [7, 11) is 0. The molecule has 0 unspecified atom stereocenters. The van der Waals surface area contributed by atoms with Crippen LogP contribution in [0.3, 0.4) is 0 Å². The third kappa shape index (κ3) is 4.81. The number of hydrogen-bond donors (Lipinski definition) is 2. The SMILES string of the molecule is O=C(N/C=C/c1cccc(F)c1)Nc1ccccc1N1CCOCC1. The lowest BCUT2D eigenvalue weighted by Gasteiger charge is -2.30. The number of rotatable bonds is 4.